The molecule has 0 aliphatic rings. The van der Waals surface area contributed by atoms with Crippen molar-refractivity contribution in [1.82, 2.24) is 13.7 Å². The van der Waals surface area contributed by atoms with Crippen LogP contribution in [0.5, 0.6) is 0 Å². The third kappa shape index (κ3) is 3.70. The first-order valence-electron chi connectivity index (χ1n) is 15.8. The largest absolute Gasteiger partial charge is 0.344 e. The Morgan fingerprint density at radius 1 is 0.356 bits per heavy atom. The molecule has 0 bridgehead atoms. The second-order valence-corrected chi connectivity index (χ2v) is 13.6. The lowest BCUT2D eigenvalue weighted by Crippen LogP contribution is -2.21. The van der Waals surface area contributed by atoms with Crippen molar-refractivity contribution in [2.24, 2.45) is 14.1 Å². The zero-order valence-corrected chi connectivity index (χ0v) is 26.4. The van der Waals surface area contributed by atoms with Gasteiger partial charge in [0.25, 0.3) is 0 Å². The van der Waals surface area contributed by atoms with E-state index in [9.17, 15) is 0 Å². The van der Waals surface area contributed by atoms with E-state index in [0.717, 1.165) is 0 Å². The molecule has 0 amide bonds. The van der Waals surface area contributed by atoms with Crippen LogP contribution >= 0.6 is 0 Å². The van der Waals surface area contributed by atoms with Crippen LogP contribution in [-0.2, 0) is 19.6 Å². The van der Waals surface area contributed by atoms with E-state index in [-0.39, 0.29) is 5.54 Å². The number of fused-ring (bicyclic) bond motifs is 9. The number of hydrogen-bond acceptors (Lipinski definition) is 0. The van der Waals surface area contributed by atoms with E-state index < -0.39 is 0 Å². The summed E-state index contributed by atoms with van der Waals surface area (Å²) >= 11 is 0. The average molecular weight is 582 g/mol. The van der Waals surface area contributed by atoms with Crippen molar-refractivity contribution in [2.45, 2.75) is 26.3 Å². The fourth-order valence-corrected chi connectivity index (χ4v) is 7.80. The lowest BCUT2D eigenvalue weighted by molar-refractivity contribution is 0.423. The van der Waals surface area contributed by atoms with E-state index in [4.69, 9.17) is 0 Å². The number of benzene rings is 6. The summed E-state index contributed by atoms with van der Waals surface area (Å²) in [5, 5.41) is 7.79. The second-order valence-electron chi connectivity index (χ2n) is 13.6. The molecule has 6 aromatic carbocycles. The van der Waals surface area contributed by atoms with Gasteiger partial charge in [0.2, 0.25) is 0 Å². The summed E-state index contributed by atoms with van der Waals surface area (Å²) in [5.74, 6) is 0. The van der Waals surface area contributed by atoms with Gasteiger partial charge in [0.1, 0.15) is 0 Å². The van der Waals surface area contributed by atoms with Crippen molar-refractivity contribution in [3.8, 4) is 22.3 Å². The van der Waals surface area contributed by atoms with Crippen molar-refractivity contribution in [1.29, 1.82) is 0 Å². The summed E-state index contributed by atoms with van der Waals surface area (Å²) in [4.78, 5) is 0. The van der Waals surface area contributed by atoms with Gasteiger partial charge in [-0.2, -0.15) is 0 Å². The first-order chi connectivity index (χ1) is 21.8. The van der Waals surface area contributed by atoms with Gasteiger partial charge in [-0.1, -0.05) is 60.7 Å². The minimum absolute atomic E-state index is 0.0627. The molecule has 0 radical (unpaired) electrons. The van der Waals surface area contributed by atoms with Gasteiger partial charge < -0.3 is 13.7 Å². The van der Waals surface area contributed by atoms with Gasteiger partial charge in [0.05, 0.1) is 0 Å². The van der Waals surface area contributed by atoms with Crippen LogP contribution < -0.4 is 0 Å². The molecule has 0 atom stereocenters. The molecule has 0 unspecified atom stereocenters. The minimum Gasteiger partial charge on any atom is -0.344 e. The highest BCUT2D eigenvalue weighted by Gasteiger charge is 2.22. The van der Waals surface area contributed by atoms with E-state index in [0.29, 0.717) is 0 Å². The Morgan fingerprint density at radius 3 is 1.04 bits per heavy atom. The molecule has 3 aromatic heterocycles. The van der Waals surface area contributed by atoms with Crippen molar-refractivity contribution < 1.29 is 0 Å². The van der Waals surface area contributed by atoms with E-state index in [1.54, 1.807) is 0 Å². The highest BCUT2D eigenvalue weighted by atomic mass is 15.0. The molecule has 0 saturated heterocycles. The zero-order chi connectivity index (χ0) is 30.6. The third-order valence-electron chi connectivity index (χ3n) is 9.93. The molecule has 0 aliphatic carbocycles. The van der Waals surface area contributed by atoms with Crippen LogP contribution in [0.4, 0.5) is 0 Å². The fraction of sp³-hybridized carbons (Fsp3) is 0.143. The first kappa shape index (κ1) is 26.2. The molecule has 0 saturated carbocycles. The summed E-state index contributed by atoms with van der Waals surface area (Å²) in [6.07, 6.45) is 0. The van der Waals surface area contributed by atoms with Gasteiger partial charge in [0, 0.05) is 85.1 Å². The summed E-state index contributed by atoms with van der Waals surface area (Å²) in [6.45, 7) is 6.91. The molecule has 3 nitrogen and oxygen atoms in total. The summed E-state index contributed by atoms with van der Waals surface area (Å²) < 4.78 is 7.10. The molecular weight excluding hydrogens is 546 g/mol. The third-order valence-corrected chi connectivity index (χ3v) is 9.93. The fourth-order valence-electron chi connectivity index (χ4n) is 7.80. The van der Waals surface area contributed by atoms with Crippen LogP contribution in [0.3, 0.4) is 0 Å². The average Bonchev–Trinajstić information content (AvgIpc) is 3.65. The lowest BCUT2D eigenvalue weighted by Gasteiger charge is -2.24. The van der Waals surface area contributed by atoms with Crippen molar-refractivity contribution in [2.75, 3.05) is 0 Å². The van der Waals surface area contributed by atoms with Gasteiger partial charge in [-0.25, -0.2) is 0 Å². The molecule has 9 aromatic rings. The van der Waals surface area contributed by atoms with Crippen LogP contribution in [0.25, 0.3) is 87.7 Å². The molecule has 0 spiro atoms. The zero-order valence-electron chi connectivity index (χ0n) is 26.4. The number of nitrogens with zero attached hydrogens (tertiary/aromatic N) is 3. The maximum absolute atomic E-state index is 2.51. The Labute approximate surface area is 262 Å². The molecule has 218 valence electrons. The molecule has 0 fully saturated rings. The first-order valence-corrected chi connectivity index (χ1v) is 15.8. The van der Waals surface area contributed by atoms with Crippen molar-refractivity contribution >= 4 is 65.4 Å². The topological polar surface area (TPSA) is 14.8 Å². The van der Waals surface area contributed by atoms with Crippen LogP contribution in [0.2, 0.25) is 0 Å². The van der Waals surface area contributed by atoms with Crippen LogP contribution in [0.1, 0.15) is 20.8 Å². The molecule has 3 heteroatoms. The van der Waals surface area contributed by atoms with Gasteiger partial charge >= 0.3 is 0 Å². The molecular formula is C42H35N3. The number of aromatic nitrogens is 3. The van der Waals surface area contributed by atoms with Gasteiger partial charge in [-0.3, -0.25) is 0 Å². The van der Waals surface area contributed by atoms with E-state index in [1.165, 1.54) is 87.7 Å². The van der Waals surface area contributed by atoms with Crippen molar-refractivity contribution in [3.05, 3.63) is 121 Å². The maximum Gasteiger partial charge on any atom is 0.0496 e. The van der Waals surface area contributed by atoms with Gasteiger partial charge in [0.15, 0.2) is 0 Å². The Balaban J connectivity index is 1.26. The Bertz CT molecular complexity index is 2470. The number of rotatable bonds is 2. The molecule has 45 heavy (non-hydrogen) atoms. The van der Waals surface area contributed by atoms with Gasteiger partial charge in [-0.05, 0) is 104 Å². The molecule has 0 aliphatic heterocycles. The normalized spacial score (nSPS) is 12.6. The smallest absolute Gasteiger partial charge is 0.0496 e. The number of para-hydroxylation sites is 2. The maximum atomic E-state index is 2.51. The summed E-state index contributed by atoms with van der Waals surface area (Å²) in [7, 11) is 4.32. The Kier molecular flexibility index (Phi) is 5.30. The minimum atomic E-state index is -0.0627. The molecule has 9 rings (SSSR count). The van der Waals surface area contributed by atoms with E-state index in [1.807, 2.05) is 0 Å². The monoisotopic (exact) mass is 581 g/mol. The summed E-state index contributed by atoms with van der Waals surface area (Å²) in [5.41, 5.74) is 12.5. The van der Waals surface area contributed by atoms with Crippen LogP contribution in [0.15, 0.2) is 121 Å². The summed E-state index contributed by atoms with van der Waals surface area (Å²) in [6, 6.07) is 45.3. The van der Waals surface area contributed by atoms with Crippen LogP contribution in [-0.4, -0.2) is 13.7 Å². The predicted octanol–water partition coefficient (Wildman–Crippen LogP) is 11.2. The van der Waals surface area contributed by atoms with Gasteiger partial charge in [-0.15, -0.1) is 0 Å². The van der Waals surface area contributed by atoms with E-state index >= 15 is 0 Å². The number of aryl methyl sites for hydroxylation is 2. The lowest BCUT2D eigenvalue weighted by atomic mass is 9.98. The molecule has 0 N–H and O–H groups in total. The highest BCUT2D eigenvalue weighted by molar-refractivity contribution is 6.13. The Hall–Kier alpha value is -5.28. The second kappa shape index (κ2) is 9.12. The highest BCUT2D eigenvalue weighted by Crippen LogP contribution is 2.40. The van der Waals surface area contributed by atoms with Crippen LogP contribution in [0, 0.1) is 0 Å². The van der Waals surface area contributed by atoms with Crippen molar-refractivity contribution in [3.63, 3.8) is 0 Å². The molecule has 3 heterocycles. The SMILES string of the molecule is Cn1c2ccccc2c2cc(-c3ccc4c(c3)c3cc(-c5ccc6c(c5)c5ccccc5n6C)ccc3n4C(C)(C)C)ccc21. The van der Waals surface area contributed by atoms with E-state index in [2.05, 4.69) is 170 Å². The predicted molar refractivity (Wildman–Crippen MR) is 193 cm³/mol. The number of hydrogen-bond donors (Lipinski definition) is 0. The Morgan fingerprint density at radius 2 is 0.667 bits per heavy atom. The standard InChI is InChI=1S/C42H35N3/c1-42(2,3)45-40-20-16-28(26-14-18-38-32(22-26)30-10-6-8-12-36(30)43(38)4)24-34(40)35-25-29(17-21-41(35)45)27-15-19-39-33(23-27)31-11-7-9-13-37(31)44(39)5/h6-25H,1-5H3. The quantitative estimate of drug-likeness (QED) is 0.193.